The van der Waals surface area contributed by atoms with Crippen LogP contribution >= 0.6 is 0 Å². The highest BCUT2D eigenvalue weighted by Crippen LogP contribution is 2.25. The van der Waals surface area contributed by atoms with Crippen LogP contribution in [0.3, 0.4) is 0 Å². The van der Waals surface area contributed by atoms with E-state index in [1.165, 1.54) is 0 Å². The van der Waals surface area contributed by atoms with Gasteiger partial charge in [0.15, 0.2) is 0 Å². The molecule has 130 valence electrons. The van der Waals surface area contributed by atoms with E-state index in [-0.39, 0.29) is 11.8 Å². The van der Waals surface area contributed by atoms with E-state index in [1.807, 2.05) is 37.3 Å². The average Bonchev–Trinajstić information content (AvgIpc) is 2.86. The van der Waals surface area contributed by atoms with Gasteiger partial charge in [-0.2, -0.15) is 0 Å². The van der Waals surface area contributed by atoms with Gasteiger partial charge in [0.2, 0.25) is 11.8 Å². The van der Waals surface area contributed by atoms with Crippen molar-refractivity contribution in [3.63, 3.8) is 0 Å². The Morgan fingerprint density at radius 1 is 1.24 bits per heavy atom. The number of aryl methyl sites for hydroxylation is 1. The summed E-state index contributed by atoms with van der Waals surface area (Å²) in [7, 11) is 1.59. The van der Waals surface area contributed by atoms with Crippen molar-refractivity contribution in [3.8, 4) is 17.0 Å². The second-order valence-electron chi connectivity index (χ2n) is 6.01. The molecule has 2 heterocycles. The normalized spacial score (nSPS) is 14.6. The molecule has 6 heteroatoms. The third-order valence-corrected chi connectivity index (χ3v) is 4.34. The fourth-order valence-electron chi connectivity index (χ4n) is 2.89. The minimum atomic E-state index is -0.0485. The number of amides is 2. The Hall–Kier alpha value is -2.89. The second kappa shape index (κ2) is 7.34. The molecular formula is C19H21N3O3. The van der Waals surface area contributed by atoms with E-state index in [0.717, 1.165) is 16.7 Å². The third kappa shape index (κ3) is 3.79. The summed E-state index contributed by atoms with van der Waals surface area (Å²) in [4.78, 5) is 30.0. The second-order valence-corrected chi connectivity index (χ2v) is 6.01. The summed E-state index contributed by atoms with van der Waals surface area (Å²) in [6.45, 7) is 3.49. The van der Waals surface area contributed by atoms with E-state index < -0.39 is 0 Å². The molecule has 1 saturated heterocycles. The van der Waals surface area contributed by atoms with E-state index in [9.17, 15) is 9.59 Å². The zero-order valence-corrected chi connectivity index (χ0v) is 14.4. The van der Waals surface area contributed by atoms with E-state index in [0.29, 0.717) is 37.5 Å². The van der Waals surface area contributed by atoms with Gasteiger partial charge in [0, 0.05) is 49.4 Å². The molecule has 1 aliphatic heterocycles. The van der Waals surface area contributed by atoms with Crippen molar-refractivity contribution in [2.45, 2.75) is 13.3 Å². The lowest BCUT2D eigenvalue weighted by Gasteiger charge is -2.19. The molecule has 0 aliphatic carbocycles. The summed E-state index contributed by atoms with van der Waals surface area (Å²) in [6, 6.07) is 9.37. The lowest BCUT2D eigenvalue weighted by atomic mass is 10.0. The van der Waals surface area contributed by atoms with Crippen molar-refractivity contribution in [3.05, 3.63) is 47.7 Å². The number of nitrogens with zero attached hydrogens (tertiary/aromatic N) is 2. The van der Waals surface area contributed by atoms with Crippen molar-refractivity contribution >= 4 is 11.8 Å². The number of pyridine rings is 1. The summed E-state index contributed by atoms with van der Waals surface area (Å²) < 4.78 is 5.13. The molecule has 0 radical (unpaired) electrons. The first-order valence-corrected chi connectivity index (χ1v) is 8.25. The van der Waals surface area contributed by atoms with Crippen molar-refractivity contribution in [1.29, 1.82) is 0 Å². The predicted octanol–water partition coefficient (Wildman–Crippen LogP) is 2.03. The maximum absolute atomic E-state index is 12.6. The van der Waals surface area contributed by atoms with Gasteiger partial charge >= 0.3 is 0 Å². The summed E-state index contributed by atoms with van der Waals surface area (Å²) >= 11 is 0. The molecule has 0 unspecified atom stereocenters. The Balaban J connectivity index is 1.78. The van der Waals surface area contributed by atoms with Crippen LogP contribution in [0.25, 0.3) is 11.1 Å². The van der Waals surface area contributed by atoms with Crippen LogP contribution in [-0.2, 0) is 4.79 Å². The fraction of sp³-hybridized carbons (Fsp3) is 0.316. The van der Waals surface area contributed by atoms with Gasteiger partial charge < -0.3 is 15.0 Å². The van der Waals surface area contributed by atoms with Crippen LogP contribution in [0.4, 0.5) is 0 Å². The molecule has 0 saturated carbocycles. The number of carbonyl (C=O) groups excluding carboxylic acids is 2. The molecule has 0 bridgehead atoms. The van der Waals surface area contributed by atoms with Gasteiger partial charge in [-0.15, -0.1) is 0 Å². The molecule has 0 spiro atoms. The number of hydrogen-bond acceptors (Lipinski definition) is 4. The van der Waals surface area contributed by atoms with Gasteiger partial charge in [0.25, 0.3) is 5.91 Å². The molecule has 25 heavy (non-hydrogen) atoms. The highest BCUT2D eigenvalue weighted by atomic mass is 16.5. The zero-order chi connectivity index (χ0) is 17.8. The lowest BCUT2D eigenvalue weighted by molar-refractivity contribution is -0.120. The van der Waals surface area contributed by atoms with Gasteiger partial charge in [-0.25, -0.2) is 4.98 Å². The zero-order valence-electron chi connectivity index (χ0n) is 14.4. The number of aromatic nitrogens is 1. The van der Waals surface area contributed by atoms with Crippen LogP contribution < -0.4 is 10.1 Å². The molecule has 1 aromatic carbocycles. The molecule has 3 rings (SSSR count). The topological polar surface area (TPSA) is 71.5 Å². The Kier molecular flexibility index (Phi) is 4.97. The van der Waals surface area contributed by atoms with Crippen LogP contribution in [-0.4, -0.2) is 48.4 Å². The average molecular weight is 339 g/mol. The standard InChI is InChI=1S/C19H21N3O3/c1-13-11-18(25-2)21-12-16(13)14-3-5-15(6-4-14)19(24)22-9-7-17(23)20-8-10-22/h3-6,11-12H,7-10H2,1-2H3,(H,20,23). The molecule has 1 aliphatic rings. The number of ether oxygens (including phenoxy) is 1. The maximum Gasteiger partial charge on any atom is 0.253 e. The van der Waals surface area contributed by atoms with Crippen molar-refractivity contribution in [2.24, 2.45) is 0 Å². The Morgan fingerprint density at radius 3 is 2.68 bits per heavy atom. The van der Waals surface area contributed by atoms with E-state index in [4.69, 9.17) is 4.74 Å². The van der Waals surface area contributed by atoms with Crippen LogP contribution in [0.5, 0.6) is 5.88 Å². The molecule has 1 fully saturated rings. The van der Waals surface area contributed by atoms with E-state index in [2.05, 4.69) is 10.3 Å². The van der Waals surface area contributed by atoms with Crippen molar-refractivity contribution < 1.29 is 14.3 Å². The van der Waals surface area contributed by atoms with Crippen LogP contribution in [0.1, 0.15) is 22.3 Å². The van der Waals surface area contributed by atoms with Crippen molar-refractivity contribution in [1.82, 2.24) is 15.2 Å². The predicted molar refractivity (Wildman–Crippen MR) is 94.5 cm³/mol. The van der Waals surface area contributed by atoms with Gasteiger partial charge in [-0.05, 0) is 30.2 Å². The summed E-state index contributed by atoms with van der Waals surface area (Å²) in [5, 5.41) is 2.78. The highest BCUT2D eigenvalue weighted by Gasteiger charge is 2.19. The highest BCUT2D eigenvalue weighted by molar-refractivity contribution is 5.95. The number of hydrogen-bond donors (Lipinski definition) is 1. The van der Waals surface area contributed by atoms with Gasteiger partial charge in [-0.3, -0.25) is 9.59 Å². The maximum atomic E-state index is 12.6. The fourth-order valence-corrected chi connectivity index (χ4v) is 2.89. The Labute approximate surface area is 146 Å². The monoisotopic (exact) mass is 339 g/mol. The number of carbonyl (C=O) groups is 2. The van der Waals surface area contributed by atoms with Gasteiger partial charge in [-0.1, -0.05) is 12.1 Å². The Bertz CT molecular complexity index is 787. The van der Waals surface area contributed by atoms with Crippen LogP contribution in [0.2, 0.25) is 0 Å². The number of methoxy groups -OCH3 is 1. The SMILES string of the molecule is COc1cc(C)c(-c2ccc(C(=O)N3CCNC(=O)CC3)cc2)cn1. The molecule has 1 aromatic heterocycles. The molecule has 2 amide bonds. The largest absolute Gasteiger partial charge is 0.481 e. The smallest absolute Gasteiger partial charge is 0.253 e. The number of nitrogens with one attached hydrogen (secondary N) is 1. The van der Waals surface area contributed by atoms with Gasteiger partial charge in [0.05, 0.1) is 7.11 Å². The molecule has 1 N–H and O–H groups in total. The first-order valence-electron chi connectivity index (χ1n) is 8.25. The molecule has 2 aromatic rings. The first kappa shape index (κ1) is 17.0. The Morgan fingerprint density at radius 2 is 2.00 bits per heavy atom. The quantitative estimate of drug-likeness (QED) is 0.929. The van der Waals surface area contributed by atoms with Crippen molar-refractivity contribution in [2.75, 3.05) is 26.7 Å². The summed E-state index contributed by atoms with van der Waals surface area (Å²) in [5.41, 5.74) is 3.68. The van der Waals surface area contributed by atoms with E-state index >= 15 is 0 Å². The molecule has 6 nitrogen and oxygen atoms in total. The third-order valence-electron chi connectivity index (χ3n) is 4.34. The molecule has 0 atom stereocenters. The van der Waals surface area contributed by atoms with Crippen LogP contribution in [0, 0.1) is 6.92 Å². The van der Waals surface area contributed by atoms with E-state index in [1.54, 1.807) is 18.2 Å². The van der Waals surface area contributed by atoms with Crippen LogP contribution in [0.15, 0.2) is 36.5 Å². The number of benzene rings is 1. The minimum Gasteiger partial charge on any atom is -0.481 e. The summed E-state index contributed by atoms with van der Waals surface area (Å²) in [6.07, 6.45) is 2.12. The van der Waals surface area contributed by atoms with Gasteiger partial charge in [0.1, 0.15) is 0 Å². The molecular weight excluding hydrogens is 318 g/mol. The minimum absolute atomic E-state index is 0.00636. The lowest BCUT2D eigenvalue weighted by Crippen LogP contribution is -2.34. The first-order chi connectivity index (χ1) is 12.1. The number of rotatable bonds is 3. The summed E-state index contributed by atoms with van der Waals surface area (Å²) in [5.74, 6) is 0.526.